The Hall–Kier alpha value is -1.36. The standard InChI is InChI=1S/C14H21N3O2/c1-3-17-10(2)12(8-15-17)13(19)16-6-4-5-11-7-14(11,16)9-18/h8,11,18H,3-7,9H2,1-2H3/t11-,14-/m1/s1. The molecule has 1 aliphatic carbocycles. The summed E-state index contributed by atoms with van der Waals surface area (Å²) in [5, 5.41) is 13.9. The number of carbonyl (C=O) groups excluding carboxylic acids is 1. The van der Waals surface area contributed by atoms with E-state index in [0.717, 1.165) is 38.0 Å². The topological polar surface area (TPSA) is 58.4 Å². The van der Waals surface area contributed by atoms with Gasteiger partial charge in [-0.05, 0) is 39.0 Å². The fourth-order valence-corrected chi connectivity index (χ4v) is 3.49. The van der Waals surface area contributed by atoms with Crippen LogP contribution in [0.1, 0.15) is 42.2 Å². The van der Waals surface area contributed by atoms with Crippen molar-refractivity contribution < 1.29 is 9.90 Å². The first-order chi connectivity index (χ1) is 9.14. The Bertz CT molecular complexity index is 511. The number of nitrogens with zero attached hydrogens (tertiary/aromatic N) is 3. The van der Waals surface area contributed by atoms with E-state index in [2.05, 4.69) is 5.10 Å². The molecule has 3 rings (SSSR count). The molecular weight excluding hydrogens is 242 g/mol. The molecule has 1 N–H and O–H groups in total. The number of hydrogen-bond donors (Lipinski definition) is 1. The number of piperidine rings is 1. The number of likely N-dealkylation sites (tertiary alicyclic amines) is 1. The van der Waals surface area contributed by atoms with Gasteiger partial charge in [0.15, 0.2) is 0 Å². The molecule has 2 fully saturated rings. The zero-order chi connectivity index (χ0) is 13.6. The van der Waals surface area contributed by atoms with E-state index in [1.165, 1.54) is 0 Å². The summed E-state index contributed by atoms with van der Waals surface area (Å²) in [5.41, 5.74) is 1.33. The van der Waals surface area contributed by atoms with E-state index in [0.29, 0.717) is 11.5 Å². The van der Waals surface area contributed by atoms with Crippen molar-refractivity contribution >= 4 is 5.91 Å². The third kappa shape index (κ3) is 1.71. The summed E-state index contributed by atoms with van der Waals surface area (Å²) in [4.78, 5) is 14.6. The number of aromatic nitrogens is 2. The third-order valence-electron chi connectivity index (χ3n) is 4.82. The smallest absolute Gasteiger partial charge is 0.257 e. The molecule has 19 heavy (non-hydrogen) atoms. The van der Waals surface area contributed by atoms with Crippen molar-refractivity contribution in [3.05, 3.63) is 17.5 Å². The number of aryl methyl sites for hydroxylation is 1. The Morgan fingerprint density at radius 3 is 3.05 bits per heavy atom. The number of amides is 1. The molecule has 2 aliphatic rings. The molecule has 104 valence electrons. The van der Waals surface area contributed by atoms with E-state index in [4.69, 9.17) is 0 Å². The minimum atomic E-state index is -0.268. The summed E-state index contributed by atoms with van der Waals surface area (Å²) in [6.45, 7) is 5.56. The van der Waals surface area contributed by atoms with Gasteiger partial charge in [-0.3, -0.25) is 9.48 Å². The van der Waals surface area contributed by atoms with E-state index in [1.54, 1.807) is 6.20 Å². The highest BCUT2D eigenvalue weighted by Gasteiger charge is 2.60. The van der Waals surface area contributed by atoms with Crippen LogP contribution in [0.25, 0.3) is 0 Å². The van der Waals surface area contributed by atoms with Gasteiger partial charge in [0, 0.05) is 18.8 Å². The molecule has 1 amide bonds. The summed E-state index contributed by atoms with van der Waals surface area (Å²) < 4.78 is 1.84. The molecule has 2 heterocycles. The van der Waals surface area contributed by atoms with Crippen molar-refractivity contribution in [1.82, 2.24) is 14.7 Å². The number of hydrogen-bond acceptors (Lipinski definition) is 3. The second-order valence-corrected chi connectivity index (χ2v) is 5.72. The summed E-state index contributed by atoms with van der Waals surface area (Å²) in [7, 11) is 0. The molecule has 5 nitrogen and oxygen atoms in total. The number of fused-ring (bicyclic) bond motifs is 1. The Morgan fingerprint density at radius 2 is 2.42 bits per heavy atom. The zero-order valence-electron chi connectivity index (χ0n) is 11.6. The first kappa shape index (κ1) is 12.7. The van der Waals surface area contributed by atoms with Gasteiger partial charge in [0.1, 0.15) is 0 Å². The Balaban J connectivity index is 1.89. The van der Waals surface area contributed by atoms with Crippen LogP contribution < -0.4 is 0 Å². The molecule has 1 aliphatic heterocycles. The van der Waals surface area contributed by atoms with Crippen LogP contribution in [0.15, 0.2) is 6.20 Å². The normalized spacial score (nSPS) is 29.2. The quantitative estimate of drug-likeness (QED) is 0.891. The maximum absolute atomic E-state index is 12.7. The molecule has 0 spiro atoms. The van der Waals surface area contributed by atoms with E-state index >= 15 is 0 Å². The second kappa shape index (κ2) is 4.34. The minimum absolute atomic E-state index is 0.0356. The Labute approximate surface area is 113 Å². The number of aliphatic hydroxyl groups excluding tert-OH is 1. The molecule has 0 unspecified atom stereocenters. The van der Waals surface area contributed by atoms with Crippen LogP contribution in [-0.4, -0.2) is 44.4 Å². The molecule has 1 aromatic heterocycles. The first-order valence-corrected chi connectivity index (χ1v) is 7.09. The largest absolute Gasteiger partial charge is 0.394 e. The molecule has 1 aromatic rings. The lowest BCUT2D eigenvalue weighted by molar-refractivity contribution is 0.0431. The summed E-state index contributed by atoms with van der Waals surface area (Å²) in [6.07, 6.45) is 4.80. The van der Waals surface area contributed by atoms with Gasteiger partial charge in [0.2, 0.25) is 0 Å². The van der Waals surface area contributed by atoms with Crippen LogP contribution in [0.2, 0.25) is 0 Å². The van der Waals surface area contributed by atoms with Crippen LogP contribution in [0.3, 0.4) is 0 Å². The zero-order valence-corrected chi connectivity index (χ0v) is 11.6. The van der Waals surface area contributed by atoms with Gasteiger partial charge in [-0.1, -0.05) is 0 Å². The van der Waals surface area contributed by atoms with Gasteiger partial charge >= 0.3 is 0 Å². The van der Waals surface area contributed by atoms with Gasteiger partial charge in [-0.25, -0.2) is 0 Å². The van der Waals surface area contributed by atoms with Crippen LogP contribution in [0.4, 0.5) is 0 Å². The average molecular weight is 263 g/mol. The molecule has 0 radical (unpaired) electrons. The van der Waals surface area contributed by atoms with Crippen molar-refractivity contribution in [2.24, 2.45) is 5.92 Å². The van der Waals surface area contributed by atoms with Gasteiger partial charge in [0.05, 0.1) is 23.9 Å². The van der Waals surface area contributed by atoms with Crippen molar-refractivity contribution in [2.45, 2.75) is 45.2 Å². The maximum atomic E-state index is 12.7. The van der Waals surface area contributed by atoms with Crippen molar-refractivity contribution in [3.8, 4) is 0 Å². The highest BCUT2D eigenvalue weighted by Crippen LogP contribution is 2.54. The van der Waals surface area contributed by atoms with Gasteiger partial charge in [-0.15, -0.1) is 0 Å². The summed E-state index contributed by atoms with van der Waals surface area (Å²) in [5.74, 6) is 0.533. The Kier molecular flexibility index (Phi) is 2.89. The molecule has 0 bridgehead atoms. The number of aliphatic hydroxyl groups is 1. The van der Waals surface area contributed by atoms with E-state index < -0.39 is 0 Å². The molecule has 1 saturated carbocycles. The molecular formula is C14H21N3O2. The molecule has 0 aromatic carbocycles. The van der Waals surface area contributed by atoms with E-state index in [1.807, 2.05) is 23.4 Å². The lowest BCUT2D eigenvalue weighted by Gasteiger charge is -2.35. The predicted molar refractivity (Wildman–Crippen MR) is 70.8 cm³/mol. The average Bonchev–Trinajstić information content (AvgIpc) is 3.07. The second-order valence-electron chi connectivity index (χ2n) is 5.72. The Morgan fingerprint density at radius 1 is 1.63 bits per heavy atom. The van der Waals surface area contributed by atoms with Crippen molar-refractivity contribution in [3.63, 3.8) is 0 Å². The maximum Gasteiger partial charge on any atom is 0.257 e. The van der Waals surface area contributed by atoms with Gasteiger partial charge < -0.3 is 10.0 Å². The number of rotatable bonds is 3. The summed E-state index contributed by atoms with van der Waals surface area (Å²) in [6, 6.07) is 0. The molecule has 5 heteroatoms. The fourth-order valence-electron chi connectivity index (χ4n) is 3.49. The monoisotopic (exact) mass is 263 g/mol. The lowest BCUT2D eigenvalue weighted by Crippen LogP contribution is -2.48. The van der Waals surface area contributed by atoms with Crippen LogP contribution in [0, 0.1) is 12.8 Å². The predicted octanol–water partition coefficient (Wildman–Crippen LogP) is 1.20. The summed E-state index contributed by atoms with van der Waals surface area (Å²) >= 11 is 0. The third-order valence-corrected chi connectivity index (χ3v) is 4.82. The van der Waals surface area contributed by atoms with Crippen molar-refractivity contribution in [1.29, 1.82) is 0 Å². The highest BCUT2D eigenvalue weighted by atomic mass is 16.3. The van der Waals surface area contributed by atoms with Gasteiger partial charge in [-0.2, -0.15) is 5.10 Å². The highest BCUT2D eigenvalue weighted by molar-refractivity contribution is 5.96. The van der Waals surface area contributed by atoms with Crippen LogP contribution in [-0.2, 0) is 6.54 Å². The molecule has 1 saturated heterocycles. The fraction of sp³-hybridized carbons (Fsp3) is 0.714. The van der Waals surface area contributed by atoms with Gasteiger partial charge in [0.25, 0.3) is 5.91 Å². The van der Waals surface area contributed by atoms with Crippen LogP contribution >= 0.6 is 0 Å². The van der Waals surface area contributed by atoms with E-state index in [9.17, 15) is 9.90 Å². The van der Waals surface area contributed by atoms with E-state index in [-0.39, 0.29) is 18.1 Å². The SMILES string of the molecule is CCn1ncc(C(=O)N2CCC[C@@H]3C[C@@]32CO)c1C. The lowest BCUT2D eigenvalue weighted by atomic mass is 10.0. The first-order valence-electron chi connectivity index (χ1n) is 7.09. The van der Waals surface area contributed by atoms with Crippen LogP contribution in [0.5, 0.6) is 0 Å². The molecule has 2 atom stereocenters. The number of carbonyl (C=O) groups is 1. The van der Waals surface area contributed by atoms with Crippen molar-refractivity contribution in [2.75, 3.05) is 13.2 Å². The minimum Gasteiger partial charge on any atom is -0.394 e.